The number of sulfone groups is 1. The van der Waals surface area contributed by atoms with Crippen molar-refractivity contribution in [2.45, 2.75) is 49.4 Å². The van der Waals surface area contributed by atoms with Crippen molar-refractivity contribution in [2.75, 3.05) is 30.8 Å². The van der Waals surface area contributed by atoms with E-state index >= 15 is 0 Å². The number of piperidine rings is 1. The largest absolute Gasteiger partial charge is 0.474 e. The Morgan fingerprint density at radius 2 is 1.97 bits per heavy atom. The molecule has 0 radical (unpaired) electrons. The SMILES string of the molecule is CC(C)SC(=S)N1CCC(Oc2ncnc3c2CCN3c2ccc(S(C)(=O)=O)cc2F)CC1. The van der Waals surface area contributed by atoms with Crippen LogP contribution in [0.3, 0.4) is 0 Å². The third-order valence-electron chi connectivity index (χ3n) is 5.68. The number of rotatable bonds is 5. The highest BCUT2D eigenvalue weighted by molar-refractivity contribution is 8.23. The summed E-state index contributed by atoms with van der Waals surface area (Å²) in [5.74, 6) is 0.528. The molecule has 2 aliphatic rings. The van der Waals surface area contributed by atoms with E-state index in [0.717, 1.165) is 48.1 Å². The standard InChI is InChI=1S/C22H27FN4O3S3/c1-14(2)32-22(31)26-9-6-15(7-10-26)30-21-17-8-11-27(20(17)24-13-25-21)19-5-4-16(12-18(19)23)33(3,28)29/h4-5,12-15H,6-11H2,1-3H3. The first kappa shape index (κ1) is 24.2. The summed E-state index contributed by atoms with van der Waals surface area (Å²) in [6.07, 6.45) is 4.84. The van der Waals surface area contributed by atoms with Crippen molar-refractivity contribution < 1.29 is 17.5 Å². The van der Waals surface area contributed by atoms with Gasteiger partial charge in [-0.15, -0.1) is 0 Å². The molecule has 0 unspecified atom stereocenters. The minimum atomic E-state index is -3.48. The van der Waals surface area contributed by atoms with E-state index < -0.39 is 15.7 Å². The van der Waals surface area contributed by atoms with Crippen LogP contribution in [0, 0.1) is 5.82 Å². The van der Waals surface area contributed by atoms with E-state index in [4.69, 9.17) is 17.0 Å². The predicted molar refractivity (Wildman–Crippen MR) is 133 cm³/mol. The van der Waals surface area contributed by atoms with E-state index in [1.807, 2.05) is 0 Å². The molecule has 11 heteroatoms. The smallest absolute Gasteiger partial charge is 0.222 e. The van der Waals surface area contributed by atoms with Crippen LogP contribution in [-0.4, -0.2) is 64.9 Å². The summed E-state index contributed by atoms with van der Waals surface area (Å²) < 4.78 is 45.4. The van der Waals surface area contributed by atoms with Gasteiger partial charge in [-0.05, 0) is 24.6 Å². The summed E-state index contributed by atoms with van der Waals surface area (Å²) >= 11 is 7.25. The van der Waals surface area contributed by atoms with E-state index in [0.29, 0.717) is 29.9 Å². The molecule has 2 aromatic rings. The molecule has 1 aromatic heterocycles. The Hall–Kier alpha value is -1.98. The molecular weight excluding hydrogens is 483 g/mol. The van der Waals surface area contributed by atoms with Gasteiger partial charge in [0.05, 0.1) is 16.1 Å². The van der Waals surface area contributed by atoms with Crippen molar-refractivity contribution in [2.24, 2.45) is 0 Å². The number of nitrogens with zero attached hydrogens (tertiary/aromatic N) is 4. The summed E-state index contributed by atoms with van der Waals surface area (Å²) in [6.45, 7) is 6.48. The number of benzene rings is 1. The van der Waals surface area contributed by atoms with E-state index in [2.05, 4.69) is 28.7 Å². The Labute approximate surface area is 203 Å². The molecule has 0 N–H and O–H groups in total. The molecule has 0 spiro atoms. The van der Waals surface area contributed by atoms with E-state index in [1.54, 1.807) is 16.7 Å². The van der Waals surface area contributed by atoms with Gasteiger partial charge in [-0.2, -0.15) is 0 Å². The van der Waals surface area contributed by atoms with Crippen LogP contribution < -0.4 is 9.64 Å². The molecule has 33 heavy (non-hydrogen) atoms. The third-order valence-corrected chi connectivity index (χ3v) is 8.27. The molecule has 7 nitrogen and oxygen atoms in total. The lowest BCUT2D eigenvalue weighted by atomic mass is 10.1. The maximum atomic E-state index is 14.8. The lowest BCUT2D eigenvalue weighted by Gasteiger charge is -2.33. The lowest BCUT2D eigenvalue weighted by Crippen LogP contribution is -2.40. The Kier molecular flexibility index (Phi) is 7.11. The van der Waals surface area contributed by atoms with Crippen LogP contribution in [0.1, 0.15) is 32.3 Å². The van der Waals surface area contributed by atoms with E-state index in [9.17, 15) is 12.8 Å². The average Bonchev–Trinajstić information content (AvgIpc) is 3.18. The molecule has 1 fully saturated rings. The number of halogens is 1. The third kappa shape index (κ3) is 5.41. The Balaban J connectivity index is 1.47. The second kappa shape index (κ2) is 9.71. The zero-order chi connectivity index (χ0) is 23.8. The normalized spacial score (nSPS) is 16.9. The highest BCUT2D eigenvalue weighted by atomic mass is 32.2. The molecule has 1 aromatic carbocycles. The topological polar surface area (TPSA) is 75.6 Å². The highest BCUT2D eigenvalue weighted by Gasteiger charge is 2.30. The summed E-state index contributed by atoms with van der Waals surface area (Å²) in [4.78, 5) is 12.7. The van der Waals surface area contributed by atoms with Gasteiger partial charge >= 0.3 is 0 Å². The Bertz CT molecular complexity index is 1150. The van der Waals surface area contributed by atoms with Crippen molar-refractivity contribution in [3.05, 3.63) is 35.9 Å². The quantitative estimate of drug-likeness (QED) is 0.555. The van der Waals surface area contributed by atoms with Crippen LogP contribution in [-0.2, 0) is 16.3 Å². The zero-order valence-corrected chi connectivity index (χ0v) is 21.3. The predicted octanol–water partition coefficient (Wildman–Crippen LogP) is 3.98. The zero-order valence-electron chi connectivity index (χ0n) is 18.8. The fourth-order valence-corrected chi connectivity index (χ4v) is 6.16. The molecule has 0 saturated carbocycles. The number of fused-ring (bicyclic) bond motifs is 1. The van der Waals surface area contributed by atoms with Crippen LogP contribution in [0.4, 0.5) is 15.9 Å². The monoisotopic (exact) mass is 510 g/mol. The van der Waals surface area contributed by atoms with Crippen molar-refractivity contribution in [3.63, 3.8) is 0 Å². The van der Waals surface area contributed by atoms with Crippen LogP contribution in [0.2, 0.25) is 0 Å². The highest BCUT2D eigenvalue weighted by Crippen LogP contribution is 2.38. The van der Waals surface area contributed by atoms with Gasteiger partial charge in [0.25, 0.3) is 0 Å². The number of thioether (sulfide) groups is 1. The second-order valence-electron chi connectivity index (χ2n) is 8.50. The molecular formula is C22H27FN4O3S3. The first-order chi connectivity index (χ1) is 15.6. The number of aromatic nitrogens is 2. The molecule has 0 aliphatic carbocycles. The first-order valence-electron chi connectivity index (χ1n) is 10.9. The summed E-state index contributed by atoms with van der Waals surface area (Å²) in [5, 5.41) is 0.463. The lowest BCUT2D eigenvalue weighted by molar-refractivity contribution is 0.126. The molecule has 0 bridgehead atoms. The maximum Gasteiger partial charge on any atom is 0.222 e. The molecule has 2 aliphatic heterocycles. The fraction of sp³-hybridized carbons (Fsp3) is 0.500. The number of hydrogen-bond donors (Lipinski definition) is 0. The van der Waals surface area contributed by atoms with Gasteiger partial charge in [-0.1, -0.05) is 37.8 Å². The van der Waals surface area contributed by atoms with Crippen molar-refractivity contribution >= 4 is 49.6 Å². The second-order valence-corrected chi connectivity index (χ2v) is 12.7. The minimum Gasteiger partial charge on any atom is -0.474 e. The van der Waals surface area contributed by atoms with Gasteiger partial charge in [-0.3, -0.25) is 0 Å². The molecule has 0 amide bonds. The van der Waals surface area contributed by atoms with Gasteiger partial charge < -0.3 is 14.5 Å². The molecule has 4 rings (SSSR count). The number of ether oxygens (including phenoxy) is 1. The number of likely N-dealkylation sites (tertiary alicyclic amines) is 1. The molecule has 178 valence electrons. The van der Waals surface area contributed by atoms with Crippen molar-refractivity contribution in [1.29, 1.82) is 0 Å². The van der Waals surface area contributed by atoms with Gasteiger partial charge in [0.2, 0.25) is 5.88 Å². The molecule has 1 saturated heterocycles. The van der Waals surface area contributed by atoms with Gasteiger partial charge in [0.15, 0.2) is 9.84 Å². The van der Waals surface area contributed by atoms with Crippen LogP contribution in [0.5, 0.6) is 5.88 Å². The number of thiocarbonyl (C=S) groups is 1. The Morgan fingerprint density at radius 3 is 2.61 bits per heavy atom. The van der Waals surface area contributed by atoms with Crippen LogP contribution in [0.15, 0.2) is 29.4 Å². The molecule has 3 heterocycles. The average molecular weight is 511 g/mol. The Morgan fingerprint density at radius 1 is 1.24 bits per heavy atom. The molecule has 0 atom stereocenters. The van der Waals surface area contributed by atoms with Crippen molar-refractivity contribution in [3.8, 4) is 5.88 Å². The summed E-state index contributed by atoms with van der Waals surface area (Å²) in [7, 11) is -3.48. The summed E-state index contributed by atoms with van der Waals surface area (Å²) in [5.41, 5.74) is 1.13. The van der Waals surface area contributed by atoms with Gasteiger partial charge in [0.1, 0.15) is 28.4 Å². The summed E-state index contributed by atoms with van der Waals surface area (Å²) in [6, 6.07) is 3.95. The van der Waals surface area contributed by atoms with Gasteiger partial charge in [0, 0.05) is 44.0 Å². The first-order valence-corrected chi connectivity index (χ1v) is 14.0. The van der Waals surface area contributed by atoms with E-state index in [1.165, 1.54) is 18.5 Å². The fourth-order valence-electron chi connectivity index (χ4n) is 4.03. The van der Waals surface area contributed by atoms with Gasteiger partial charge in [-0.25, -0.2) is 22.8 Å². The maximum absolute atomic E-state index is 14.8. The van der Waals surface area contributed by atoms with Crippen molar-refractivity contribution in [1.82, 2.24) is 14.9 Å². The van der Waals surface area contributed by atoms with E-state index in [-0.39, 0.29) is 16.7 Å². The minimum absolute atomic E-state index is 0.0342. The van der Waals surface area contributed by atoms with Crippen LogP contribution >= 0.6 is 24.0 Å². The van der Waals surface area contributed by atoms with Crippen LogP contribution in [0.25, 0.3) is 0 Å². The number of hydrogen-bond acceptors (Lipinski definition) is 8. The number of anilines is 2.